The van der Waals surface area contributed by atoms with Gasteiger partial charge in [-0.15, -0.1) is 0 Å². The molecule has 0 bridgehead atoms. The topological polar surface area (TPSA) is 12.0 Å². The first-order valence-corrected chi connectivity index (χ1v) is 6.64. The Morgan fingerprint density at radius 1 is 1.25 bits per heavy atom. The highest BCUT2D eigenvalue weighted by molar-refractivity contribution is 5.14. The van der Waals surface area contributed by atoms with E-state index >= 15 is 0 Å². The van der Waals surface area contributed by atoms with Crippen LogP contribution in [0.1, 0.15) is 44.6 Å². The van der Waals surface area contributed by atoms with Crippen LogP contribution in [0.25, 0.3) is 0 Å². The lowest BCUT2D eigenvalue weighted by Crippen LogP contribution is -2.38. The number of benzene rings is 1. The molecule has 1 fully saturated rings. The van der Waals surface area contributed by atoms with Crippen molar-refractivity contribution in [1.29, 1.82) is 0 Å². The lowest BCUT2D eigenvalue weighted by Gasteiger charge is -2.28. The molecule has 16 heavy (non-hydrogen) atoms. The minimum Gasteiger partial charge on any atom is -0.311 e. The Bertz CT molecular complexity index is 298. The van der Waals surface area contributed by atoms with Gasteiger partial charge >= 0.3 is 0 Å². The average Bonchev–Trinajstić information content (AvgIpc) is 2.80. The first kappa shape index (κ1) is 11.7. The molecule has 1 nitrogen and oxygen atoms in total. The number of rotatable bonds is 5. The van der Waals surface area contributed by atoms with Crippen molar-refractivity contribution in [3.8, 4) is 0 Å². The predicted molar refractivity (Wildman–Crippen MR) is 69.6 cm³/mol. The smallest absolute Gasteiger partial charge is 0.0179 e. The van der Waals surface area contributed by atoms with Crippen molar-refractivity contribution in [1.82, 2.24) is 5.32 Å². The second-order valence-corrected chi connectivity index (χ2v) is 5.00. The number of hydrogen-bond acceptors (Lipinski definition) is 1. The number of hydrogen-bond donors (Lipinski definition) is 1. The van der Waals surface area contributed by atoms with Gasteiger partial charge < -0.3 is 5.32 Å². The number of aryl methyl sites for hydroxylation is 1. The van der Waals surface area contributed by atoms with E-state index < -0.39 is 0 Å². The standard InChI is InChI=1S/C15H23N/c1-2-15(12-7-13-16-15)11-6-10-14-8-4-3-5-9-14/h3-5,8-9,16H,2,6-7,10-13H2,1H3. The fraction of sp³-hybridized carbons (Fsp3) is 0.600. The van der Waals surface area contributed by atoms with Gasteiger partial charge in [-0.3, -0.25) is 0 Å². The van der Waals surface area contributed by atoms with Gasteiger partial charge in [-0.2, -0.15) is 0 Å². The minimum atomic E-state index is 0.467. The summed E-state index contributed by atoms with van der Waals surface area (Å²) in [6.07, 6.45) is 7.88. The van der Waals surface area contributed by atoms with Crippen LogP contribution in [0.2, 0.25) is 0 Å². The first-order chi connectivity index (χ1) is 7.85. The Labute approximate surface area is 99.3 Å². The van der Waals surface area contributed by atoms with E-state index in [4.69, 9.17) is 0 Å². The van der Waals surface area contributed by atoms with E-state index in [0.717, 1.165) is 0 Å². The fourth-order valence-corrected chi connectivity index (χ4v) is 2.84. The molecule has 1 heterocycles. The zero-order valence-electron chi connectivity index (χ0n) is 10.3. The second-order valence-electron chi connectivity index (χ2n) is 5.00. The van der Waals surface area contributed by atoms with Gasteiger partial charge in [0.05, 0.1) is 0 Å². The molecule has 2 rings (SSSR count). The summed E-state index contributed by atoms with van der Waals surface area (Å²) in [6.45, 7) is 3.54. The van der Waals surface area contributed by atoms with Crippen LogP contribution >= 0.6 is 0 Å². The first-order valence-electron chi connectivity index (χ1n) is 6.64. The average molecular weight is 217 g/mol. The van der Waals surface area contributed by atoms with Crippen molar-refractivity contribution < 1.29 is 0 Å². The zero-order valence-corrected chi connectivity index (χ0v) is 10.3. The fourth-order valence-electron chi connectivity index (χ4n) is 2.84. The van der Waals surface area contributed by atoms with Gasteiger partial charge in [0.15, 0.2) is 0 Å². The highest BCUT2D eigenvalue weighted by Crippen LogP contribution is 2.28. The van der Waals surface area contributed by atoms with Gasteiger partial charge in [0.25, 0.3) is 0 Å². The van der Waals surface area contributed by atoms with Crippen LogP contribution in [0.3, 0.4) is 0 Å². The zero-order chi connectivity index (χ0) is 11.3. The van der Waals surface area contributed by atoms with E-state index in [2.05, 4.69) is 42.6 Å². The van der Waals surface area contributed by atoms with Gasteiger partial charge in [-0.25, -0.2) is 0 Å². The molecule has 88 valence electrons. The lowest BCUT2D eigenvalue weighted by atomic mass is 9.87. The van der Waals surface area contributed by atoms with Crippen LogP contribution in [-0.4, -0.2) is 12.1 Å². The molecule has 1 aromatic rings. The van der Waals surface area contributed by atoms with Crippen LogP contribution in [0.15, 0.2) is 30.3 Å². The molecule has 0 amide bonds. The monoisotopic (exact) mass is 217 g/mol. The summed E-state index contributed by atoms with van der Waals surface area (Å²) in [6, 6.07) is 10.8. The molecule has 1 heteroatoms. The summed E-state index contributed by atoms with van der Waals surface area (Å²) in [5.74, 6) is 0. The molecule has 1 atom stereocenters. The third-order valence-corrected chi connectivity index (χ3v) is 3.97. The van der Waals surface area contributed by atoms with Crippen LogP contribution in [0.5, 0.6) is 0 Å². The van der Waals surface area contributed by atoms with Gasteiger partial charge in [0, 0.05) is 5.54 Å². The Balaban J connectivity index is 1.79. The molecular weight excluding hydrogens is 194 g/mol. The van der Waals surface area contributed by atoms with Crippen molar-refractivity contribution in [3.05, 3.63) is 35.9 Å². The molecular formula is C15H23N. The molecule has 0 spiro atoms. The molecule has 1 unspecified atom stereocenters. The normalized spacial score (nSPS) is 24.8. The molecule has 1 saturated heterocycles. The summed E-state index contributed by atoms with van der Waals surface area (Å²) < 4.78 is 0. The summed E-state index contributed by atoms with van der Waals surface area (Å²) in [4.78, 5) is 0. The largest absolute Gasteiger partial charge is 0.311 e. The van der Waals surface area contributed by atoms with E-state index in [1.54, 1.807) is 0 Å². The summed E-state index contributed by atoms with van der Waals surface area (Å²) in [5.41, 5.74) is 1.95. The maximum absolute atomic E-state index is 3.71. The molecule has 0 aliphatic carbocycles. The third-order valence-electron chi connectivity index (χ3n) is 3.97. The quantitative estimate of drug-likeness (QED) is 0.795. The maximum atomic E-state index is 3.71. The van der Waals surface area contributed by atoms with Crippen molar-refractivity contribution in [2.45, 2.75) is 51.0 Å². The summed E-state index contributed by atoms with van der Waals surface area (Å²) >= 11 is 0. The molecule has 0 radical (unpaired) electrons. The number of nitrogens with one attached hydrogen (secondary N) is 1. The van der Waals surface area contributed by atoms with Crippen LogP contribution < -0.4 is 5.32 Å². The second kappa shape index (κ2) is 5.49. The SMILES string of the molecule is CCC1(CCCc2ccccc2)CCCN1. The molecule has 1 aliphatic heterocycles. The summed E-state index contributed by atoms with van der Waals surface area (Å²) in [5, 5.41) is 3.71. The lowest BCUT2D eigenvalue weighted by molar-refractivity contribution is 0.327. The van der Waals surface area contributed by atoms with Crippen LogP contribution in [0, 0.1) is 0 Å². The molecule has 1 N–H and O–H groups in total. The Kier molecular flexibility index (Phi) is 4.00. The molecule has 1 aliphatic rings. The van der Waals surface area contributed by atoms with Crippen molar-refractivity contribution in [2.24, 2.45) is 0 Å². The molecule has 1 aromatic carbocycles. The highest BCUT2D eigenvalue weighted by Gasteiger charge is 2.30. The third kappa shape index (κ3) is 2.85. The summed E-state index contributed by atoms with van der Waals surface area (Å²) in [7, 11) is 0. The Morgan fingerprint density at radius 3 is 2.69 bits per heavy atom. The van der Waals surface area contributed by atoms with Gasteiger partial charge in [-0.1, -0.05) is 37.3 Å². The Morgan fingerprint density at radius 2 is 2.06 bits per heavy atom. The van der Waals surface area contributed by atoms with E-state index in [1.165, 1.54) is 50.6 Å². The van der Waals surface area contributed by atoms with Crippen molar-refractivity contribution in [2.75, 3.05) is 6.54 Å². The van der Waals surface area contributed by atoms with E-state index in [0.29, 0.717) is 5.54 Å². The van der Waals surface area contributed by atoms with Gasteiger partial charge in [-0.05, 0) is 50.6 Å². The molecule has 0 saturated carbocycles. The van der Waals surface area contributed by atoms with E-state index in [-0.39, 0.29) is 0 Å². The van der Waals surface area contributed by atoms with Crippen LogP contribution in [-0.2, 0) is 6.42 Å². The molecule has 0 aromatic heterocycles. The van der Waals surface area contributed by atoms with E-state index in [1.807, 2.05) is 0 Å². The maximum Gasteiger partial charge on any atom is 0.0179 e. The van der Waals surface area contributed by atoms with Gasteiger partial charge in [0.2, 0.25) is 0 Å². The Hall–Kier alpha value is -0.820. The van der Waals surface area contributed by atoms with E-state index in [9.17, 15) is 0 Å². The van der Waals surface area contributed by atoms with Crippen molar-refractivity contribution in [3.63, 3.8) is 0 Å². The minimum absolute atomic E-state index is 0.467. The van der Waals surface area contributed by atoms with Crippen LogP contribution in [0.4, 0.5) is 0 Å². The highest BCUT2D eigenvalue weighted by atomic mass is 15.0. The predicted octanol–water partition coefficient (Wildman–Crippen LogP) is 3.54. The van der Waals surface area contributed by atoms with Crippen molar-refractivity contribution >= 4 is 0 Å². The van der Waals surface area contributed by atoms with Gasteiger partial charge in [0.1, 0.15) is 0 Å².